The molecule has 1 aromatic rings. The normalized spacial score (nSPS) is 19.8. The van der Waals surface area contributed by atoms with Gasteiger partial charge >= 0.3 is 0 Å². The van der Waals surface area contributed by atoms with E-state index >= 15 is 0 Å². The van der Waals surface area contributed by atoms with Crippen molar-refractivity contribution < 1.29 is 13.9 Å². The first-order valence-electron chi connectivity index (χ1n) is 5.49. The highest BCUT2D eigenvalue weighted by Crippen LogP contribution is 2.33. The van der Waals surface area contributed by atoms with E-state index in [0.29, 0.717) is 30.9 Å². The number of hydrogen-bond donors (Lipinski definition) is 1. The van der Waals surface area contributed by atoms with Crippen molar-refractivity contribution in [3.05, 3.63) is 24.0 Å². The van der Waals surface area contributed by atoms with Crippen molar-refractivity contribution in [2.45, 2.75) is 6.42 Å². The van der Waals surface area contributed by atoms with Crippen molar-refractivity contribution in [2.24, 2.45) is 11.7 Å². The van der Waals surface area contributed by atoms with Gasteiger partial charge in [0.25, 0.3) is 0 Å². The van der Waals surface area contributed by atoms with Crippen LogP contribution in [0.25, 0.3) is 0 Å². The smallest absolute Gasteiger partial charge is 0.227 e. The Balaban J connectivity index is 2.31. The van der Waals surface area contributed by atoms with Gasteiger partial charge in [0.15, 0.2) is 0 Å². The molecule has 1 fully saturated rings. The van der Waals surface area contributed by atoms with Gasteiger partial charge in [0.1, 0.15) is 11.6 Å². The Morgan fingerprint density at radius 3 is 2.94 bits per heavy atom. The highest BCUT2D eigenvalue weighted by atomic mass is 19.1. The number of methoxy groups -OCH3 is 1. The van der Waals surface area contributed by atoms with Crippen LogP contribution in [0.3, 0.4) is 0 Å². The lowest BCUT2D eigenvalue weighted by atomic mass is 10.1. The van der Waals surface area contributed by atoms with Crippen LogP contribution in [-0.2, 0) is 4.79 Å². The molecule has 1 atom stereocenters. The minimum absolute atomic E-state index is 0.00496. The molecule has 0 saturated carbocycles. The summed E-state index contributed by atoms with van der Waals surface area (Å²) in [5.74, 6) is 0.159. The van der Waals surface area contributed by atoms with Gasteiger partial charge in [-0.1, -0.05) is 0 Å². The van der Waals surface area contributed by atoms with E-state index in [4.69, 9.17) is 10.5 Å². The average Bonchev–Trinajstić information content (AvgIpc) is 2.70. The fourth-order valence-electron chi connectivity index (χ4n) is 2.05. The lowest BCUT2D eigenvalue weighted by Crippen LogP contribution is -2.26. The summed E-state index contributed by atoms with van der Waals surface area (Å²) in [5, 5.41) is 0. The SMILES string of the molecule is COc1cc(F)ccc1N1CC(CN)CC1=O. The van der Waals surface area contributed by atoms with E-state index in [1.165, 1.54) is 19.2 Å². The van der Waals surface area contributed by atoms with Gasteiger partial charge in [0, 0.05) is 19.0 Å². The number of nitrogens with zero attached hydrogens (tertiary/aromatic N) is 1. The number of anilines is 1. The number of ether oxygens (including phenoxy) is 1. The first-order chi connectivity index (χ1) is 8.15. The van der Waals surface area contributed by atoms with E-state index in [0.717, 1.165) is 0 Å². The average molecular weight is 238 g/mol. The molecule has 0 radical (unpaired) electrons. The summed E-state index contributed by atoms with van der Waals surface area (Å²) in [6.07, 6.45) is 0.441. The molecular formula is C12H15FN2O2. The Labute approximate surface area is 99.2 Å². The lowest BCUT2D eigenvalue weighted by molar-refractivity contribution is -0.117. The van der Waals surface area contributed by atoms with Crippen LogP contribution in [-0.4, -0.2) is 26.1 Å². The second-order valence-electron chi connectivity index (χ2n) is 4.13. The van der Waals surface area contributed by atoms with Crippen LogP contribution >= 0.6 is 0 Å². The van der Waals surface area contributed by atoms with Crippen LogP contribution in [0.5, 0.6) is 5.75 Å². The topological polar surface area (TPSA) is 55.6 Å². The van der Waals surface area contributed by atoms with E-state index < -0.39 is 0 Å². The zero-order valence-electron chi connectivity index (χ0n) is 9.65. The number of carbonyl (C=O) groups excluding carboxylic acids is 1. The summed E-state index contributed by atoms with van der Waals surface area (Å²) in [5.41, 5.74) is 6.17. The van der Waals surface area contributed by atoms with E-state index in [1.54, 1.807) is 11.0 Å². The molecule has 0 spiro atoms. The molecular weight excluding hydrogens is 223 g/mol. The predicted molar refractivity (Wildman–Crippen MR) is 62.5 cm³/mol. The van der Waals surface area contributed by atoms with Gasteiger partial charge in [-0.3, -0.25) is 4.79 Å². The summed E-state index contributed by atoms with van der Waals surface area (Å²) in [6.45, 7) is 1.04. The van der Waals surface area contributed by atoms with Gasteiger partial charge in [0.2, 0.25) is 5.91 Å². The maximum Gasteiger partial charge on any atom is 0.227 e. The van der Waals surface area contributed by atoms with Gasteiger partial charge in [-0.15, -0.1) is 0 Å². The van der Waals surface area contributed by atoms with E-state index in [1.807, 2.05) is 0 Å². The summed E-state index contributed by atoms with van der Waals surface area (Å²) in [7, 11) is 1.46. The Morgan fingerprint density at radius 2 is 2.35 bits per heavy atom. The molecule has 1 saturated heterocycles. The fraction of sp³-hybridized carbons (Fsp3) is 0.417. The number of amides is 1. The molecule has 92 valence electrons. The predicted octanol–water partition coefficient (Wildman–Crippen LogP) is 1.15. The van der Waals surface area contributed by atoms with Crippen LogP contribution in [0.15, 0.2) is 18.2 Å². The Kier molecular flexibility index (Phi) is 3.28. The number of benzene rings is 1. The Bertz CT molecular complexity index is 437. The summed E-state index contributed by atoms with van der Waals surface area (Å²) >= 11 is 0. The quantitative estimate of drug-likeness (QED) is 0.859. The highest BCUT2D eigenvalue weighted by Gasteiger charge is 2.31. The largest absolute Gasteiger partial charge is 0.494 e. The molecule has 0 aromatic heterocycles. The van der Waals surface area contributed by atoms with E-state index in [-0.39, 0.29) is 17.6 Å². The minimum Gasteiger partial charge on any atom is -0.494 e. The number of carbonyl (C=O) groups is 1. The minimum atomic E-state index is -0.382. The molecule has 2 rings (SSSR count). The van der Waals surface area contributed by atoms with Crippen molar-refractivity contribution in [3.8, 4) is 5.75 Å². The molecule has 1 unspecified atom stereocenters. The van der Waals surface area contributed by atoms with Crippen LogP contribution in [0, 0.1) is 11.7 Å². The van der Waals surface area contributed by atoms with Crippen molar-refractivity contribution in [1.29, 1.82) is 0 Å². The number of halogens is 1. The van der Waals surface area contributed by atoms with Crippen molar-refractivity contribution in [1.82, 2.24) is 0 Å². The molecule has 1 amide bonds. The highest BCUT2D eigenvalue weighted by molar-refractivity contribution is 5.97. The second-order valence-corrected chi connectivity index (χ2v) is 4.13. The van der Waals surface area contributed by atoms with Crippen molar-refractivity contribution in [3.63, 3.8) is 0 Å². The lowest BCUT2D eigenvalue weighted by Gasteiger charge is -2.19. The third kappa shape index (κ3) is 2.24. The monoisotopic (exact) mass is 238 g/mol. The molecule has 1 aliphatic rings. The van der Waals surface area contributed by atoms with Crippen molar-refractivity contribution >= 4 is 11.6 Å². The van der Waals surface area contributed by atoms with E-state index in [2.05, 4.69) is 0 Å². The molecule has 1 aliphatic heterocycles. The summed E-state index contributed by atoms with van der Waals surface area (Å²) in [6, 6.07) is 4.16. The standard InChI is InChI=1S/C12H15FN2O2/c1-17-11-5-9(13)2-3-10(11)15-7-8(6-14)4-12(15)16/h2-3,5,8H,4,6-7,14H2,1H3. The van der Waals surface area contributed by atoms with Crippen molar-refractivity contribution in [2.75, 3.05) is 25.1 Å². The molecule has 5 heteroatoms. The number of rotatable bonds is 3. The molecule has 2 N–H and O–H groups in total. The number of hydrogen-bond acceptors (Lipinski definition) is 3. The van der Waals surface area contributed by atoms with Gasteiger partial charge in [-0.2, -0.15) is 0 Å². The summed E-state index contributed by atoms with van der Waals surface area (Å²) in [4.78, 5) is 13.4. The molecule has 0 bridgehead atoms. The first-order valence-corrected chi connectivity index (χ1v) is 5.49. The summed E-state index contributed by atoms with van der Waals surface area (Å²) < 4.78 is 18.1. The molecule has 1 aromatic carbocycles. The van der Waals surface area contributed by atoms with Gasteiger partial charge in [0.05, 0.1) is 12.8 Å². The fourth-order valence-corrected chi connectivity index (χ4v) is 2.05. The van der Waals surface area contributed by atoms with Crippen LogP contribution < -0.4 is 15.4 Å². The third-order valence-corrected chi connectivity index (χ3v) is 2.97. The Morgan fingerprint density at radius 1 is 1.59 bits per heavy atom. The first kappa shape index (κ1) is 11.9. The van der Waals surface area contributed by atoms with Gasteiger partial charge in [-0.25, -0.2) is 4.39 Å². The van der Waals surface area contributed by atoms with Crippen LogP contribution in [0.4, 0.5) is 10.1 Å². The van der Waals surface area contributed by atoms with Crippen LogP contribution in [0.2, 0.25) is 0 Å². The molecule has 0 aliphatic carbocycles. The maximum absolute atomic E-state index is 13.1. The Hall–Kier alpha value is -1.62. The second kappa shape index (κ2) is 4.71. The zero-order chi connectivity index (χ0) is 12.4. The maximum atomic E-state index is 13.1. The van der Waals surface area contributed by atoms with Gasteiger partial charge in [-0.05, 0) is 24.6 Å². The zero-order valence-corrected chi connectivity index (χ0v) is 9.65. The molecule has 17 heavy (non-hydrogen) atoms. The van der Waals surface area contributed by atoms with E-state index in [9.17, 15) is 9.18 Å². The number of nitrogens with two attached hydrogens (primary N) is 1. The third-order valence-electron chi connectivity index (χ3n) is 2.97. The van der Waals surface area contributed by atoms with Crippen LogP contribution in [0.1, 0.15) is 6.42 Å². The molecule has 4 nitrogen and oxygen atoms in total. The van der Waals surface area contributed by atoms with Gasteiger partial charge < -0.3 is 15.4 Å². The molecule has 1 heterocycles.